The van der Waals surface area contributed by atoms with Gasteiger partial charge in [0.05, 0.1) is 24.5 Å². The summed E-state index contributed by atoms with van der Waals surface area (Å²) in [5, 5.41) is 15.3. The first-order valence-electron chi connectivity index (χ1n) is 7.07. The van der Waals surface area contributed by atoms with E-state index in [9.17, 15) is 9.90 Å². The molecule has 1 unspecified atom stereocenters. The Balaban J connectivity index is 2.25. The Morgan fingerprint density at radius 1 is 1.22 bits per heavy atom. The van der Waals surface area contributed by atoms with Gasteiger partial charge in [-0.3, -0.25) is 4.79 Å². The predicted molar refractivity (Wildman–Crippen MR) is 92.0 cm³/mol. The van der Waals surface area contributed by atoms with E-state index in [0.717, 1.165) is 15.7 Å². The molecular weight excluding hydrogens is 314 g/mol. The second-order valence-electron chi connectivity index (χ2n) is 5.00. The minimum absolute atomic E-state index is 0.169. The topological polar surface area (TPSA) is 68.1 Å². The maximum atomic E-state index is 11.6. The Morgan fingerprint density at radius 3 is 2.61 bits per heavy atom. The molecule has 122 valence electrons. The van der Waals surface area contributed by atoms with Gasteiger partial charge < -0.3 is 14.7 Å². The number of aromatic hydroxyl groups is 1. The van der Waals surface area contributed by atoms with Crippen molar-refractivity contribution in [2.75, 3.05) is 14.2 Å². The van der Waals surface area contributed by atoms with E-state index in [1.54, 1.807) is 12.1 Å². The molecule has 0 radical (unpaired) electrons. The number of hydrogen-bond donors (Lipinski definition) is 1. The summed E-state index contributed by atoms with van der Waals surface area (Å²) in [5.41, 5.74) is 0.716. The Kier molecular flexibility index (Phi) is 5.87. The lowest BCUT2D eigenvalue weighted by Gasteiger charge is -2.15. The molecule has 0 spiro atoms. The molecule has 0 fully saturated rings. The number of phenolic OH excluding ortho intramolecular Hbond substituents is 1. The summed E-state index contributed by atoms with van der Waals surface area (Å²) in [6.45, 7) is 1.82. The molecule has 0 aliphatic carbocycles. The number of methoxy groups -OCH3 is 1. The van der Waals surface area contributed by atoms with E-state index < -0.39 is 0 Å². The highest BCUT2D eigenvalue weighted by molar-refractivity contribution is 8.00. The molecular formula is C17H19NO4S. The highest BCUT2D eigenvalue weighted by Crippen LogP contribution is 2.30. The van der Waals surface area contributed by atoms with Crippen molar-refractivity contribution in [2.24, 2.45) is 5.16 Å². The lowest BCUT2D eigenvalue weighted by Crippen LogP contribution is -2.19. The molecule has 2 aromatic carbocycles. The third kappa shape index (κ3) is 4.63. The molecule has 5 nitrogen and oxygen atoms in total. The number of thioether (sulfide) groups is 1. The number of esters is 1. The highest BCUT2D eigenvalue weighted by Gasteiger charge is 2.19. The number of nitrogens with zero attached hydrogens (tertiary/aromatic N) is 1. The average Bonchev–Trinajstić information content (AvgIpc) is 2.54. The number of phenols is 1. The zero-order chi connectivity index (χ0) is 16.8. The van der Waals surface area contributed by atoms with Gasteiger partial charge in [0, 0.05) is 4.90 Å². The van der Waals surface area contributed by atoms with Crippen molar-refractivity contribution >= 4 is 34.2 Å². The van der Waals surface area contributed by atoms with E-state index in [1.165, 1.54) is 26.0 Å². The van der Waals surface area contributed by atoms with Crippen LogP contribution in [0.3, 0.4) is 0 Å². The van der Waals surface area contributed by atoms with Gasteiger partial charge in [0.1, 0.15) is 12.9 Å². The number of carbonyl (C=O) groups excluding carboxylic acids is 1. The molecule has 0 saturated carbocycles. The summed E-state index contributed by atoms with van der Waals surface area (Å²) in [6.07, 6.45) is 0.216. The van der Waals surface area contributed by atoms with Crippen LogP contribution in [-0.2, 0) is 14.4 Å². The van der Waals surface area contributed by atoms with Crippen LogP contribution < -0.4 is 0 Å². The van der Waals surface area contributed by atoms with E-state index in [1.807, 2.05) is 31.2 Å². The van der Waals surface area contributed by atoms with Crippen LogP contribution in [0.1, 0.15) is 13.3 Å². The molecule has 0 aliphatic heterocycles. The maximum absolute atomic E-state index is 11.6. The van der Waals surface area contributed by atoms with Crippen molar-refractivity contribution in [3.8, 4) is 5.75 Å². The van der Waals surface area contributed by atoms with Crippen LogP contribution in [-0.4, -0.2) is 36.3 Å². The summed E-state index contributed by atoms with van der Waals surface area (Å²) in [4.78, 5) is 17.4. The van der Waals surface area contributed by atoms with E-state index in [4.69, 9.17) is 9.57 Å². The summed E-state index contributed by atoms with van der Waals surface area (Å²) in [6, 6.07) is 11.1. The summed E-state index contributed by atoms with van der Waals surface area (Å²) >= 11 is 1.53. The summed E-state index contributed by atoms with van der Waals surface area (Å²) in [7, 11) is 2.85. The van der Waals surface area contributed by atoms with E-state index in [-0.39, 0.29) is 23.4 Å². The standard InChI is InChI=1S/C17H19NO4S/c1-11(18-22-3)16(10-17(20)21-2)23-15-7-5-12-8-14(19)6-4-13(12)9-15/h4-9,16,19H,10H2,1-3H3. The molecule has 0 amide bonds. The number of benzene rings is 2. The minimum atomic E-state index is -0.293. The van der Waals surface area contributed by atoms with E-state index >= 15 is 0 Å². The molecule has 2 rings (SSSR count). The lowest BCUT2D eigenvalue weighted by atomic mass is 10.1. The Bertz CT molecular complexity index is 730. The fourth-order valence-corrected chi connectivity index (χ4v) is 3.26. The van der Waals surface area contributed by atoms with Gasteiger partial charge in [0.2, 0.25) is 0 Å². The lowest BCUT2D eigenvalue weighted by molar-refractivity contribution is -0.140. The Morgan fingerprint density at radius 2 is 1.91 bits per heavy atom. The monoisotopic (exact) mass is 333 g/mol. The van der Waals surface area contributed by atoms with E-state index in [0.29, 0.717) is 5.71 Å². The molecule has 1 atom stereocenters. The third-order valence-corrected chi connectivity index (χ3v) is 4.67. The van der Waals surface area contributed by atoms with Crippen LogP contribution in [0.25, 0.3) is 10.8 Å². The van der Waals surface area contributed by atoms with Gasteiger partial charge in [0.25, 0.3) is 0 Å². The van der Waals surface area contributed by atoms with Crippen LogP contribution in [0.15, 0.2) is 46.4 Å². The number of rotatable bonds is 6. The predicted octanol–water partition coefficient (Wildman–Crippen LogP) is 3.59. The zero-order valence-corrected chi connectivity index (χ0v) is 14.1. The van der Waals surface area contributed by atoms with Crippen LogP contribution >= 0.6 is 11.8 Å². The molecule has 0 bridgehead atoms. The number of hydrogen-bond acceptors (Lipinski definition) is 6. The zero-order valence-electron chi connectivity index (χ0n) is 13.3. The maximum Gasteiger partial charge on any atom is 0.307 e. The van der Waals surface area contributed by atoms with Gasteiger partial charge in [-0.2, -0.15) is 0 Å². The number of fused-ring (bicyclic) bond motifs is 1. The van der Waals surface area contributed by atoms with Crippen LogP contribution in [0.2, 0.25) is 0 Å². The summed E-state index contributed by atoms with van der Waals surface area (Å²) < 4.78 is 4.75. The minimum Gasteiger partial charge on any atom is -0.508 e. The molecule has 6 heteroatoms. The molecule has 0 saturated heterocycles. The molecule has 23 heavy (non-hydrogen) atoms. The third-order valence-electron chi connectivity index (χ3n) is 3.35. The average molecular weight is 333 g/mol. The largest absolute Gasteiger partial charge is 0.508 e. The molecule has 0 aliphatic rings. The van der Waals surface area contributed by atoms with Crippen molar-refractivity contribution in [1.82, 2.24) is 0 Å². The van der Waals surface area contributed by atoms with Crippen molar-refractivity contribution in [3.63, 3.8) is 0 Å². The SMILES string of the molecule is CON=C(C)C(CC(=O)OC)Sc1ccc2cc(O)ccc2c1. The second-order valence-corrected chi connectivity index (χ2v) is 6.27. The second kappa shape index (κ2) is 7.87. The van der Waals surface area contributed by atoms with Crippen LogP contribution in [0.4, 0.5) is 0 Å². The van der Waals surface area contributed by atoms with Gasteiger partial charge in [-0.15, -0.1) is 11.8 Å². The quantitative estimate of drug-likeness (QED) is 0.379. The molecule has 1 N–H and O–H groups in total. The van der Waals surface area contributed by atoms with Crippen molar-refractivity contribution in [1.29, 1.82) is 0 Å². The van der Waals surface area contributed by atoms with Gasteiger partial charge in [0.15, 0.2) is 0 Å². The van der Waals surface area contributed by atoms with Gasteiger partial charge in [-0.1, -0.05) is 17.3 Å². The highest BCUT2D eigenvalue weighted by atomic mass is 32.2. The molecule has 2 aromatic rings. The van der Waals surface area contributed by atoms with Crippen LogP contribution in [0.5, 0.6) is 5.75 Å². The van der Waals surface area contributed by atoms with Crippen LogP contribution in [0, 0.1) is 0 Å². The Hall–Kier alpha value is -2.21. The summed E-state index contributed by atoms with van der Waals surface area (Å²) in [5.74, 6) is -0.0524. The van der Waals surface area contributed by atoms with Gasteiger partial charge in [-0.05, 0) is 42.0 Å². The fraction of sp³-hybridized carbons (Fsp3) is 0.294. The Labute approximate surface area is 139 Å². The molecule has 0 aromatic heterocycles. The smallest absolute Gasteiger partial charge is 0.307 e. The van der Waals surface area contributed by atoms with Gasteiger partial charge >= 0.3 is 5.97 Å². The number of ether oxygens (including phenoxy) is 1. The first-order chi connectivity index (χ1) is 11.0. The van der Waals surface area contributed by atoms with Crippen molar-refractivity contribution in [2.45, 2.75) is 23.5 Å². The normalized spacial score (nSPS) is 12.9. The number of oxime groups is 1. The van der Waals surface area contributed by atoms with Gasteiger partial charge in [-0.25, -0.2) is 0 Å². The van der Waals surface area contributed by atoms with E-state index in [2.05, 4.69) is 5.16 Å². The van der Waals surface area contributed by atoms with Crippen molar-refractivity contribution in [3.05, 3.63) is 36.4 Å². The first-order valence-corrected chi connectivity index (χ1v) is 7.95. The fourth-order valence-electron chi connectivity index (χ4n) is 2.16. The molecule has 0 heterocycles. The number of carbonyl (C=O) groups is 1. The first kappa shape index (κ1) is 17.1. The van der Waals surface area contributed by atoms with Crippen molar-refractivity contribution < 1.29 is 19.5 Å².